The second-order valence-electron chi connectivity index (χ2n) is 3.71. The lowest BCUT2D eigenvalue weighted by Crippen LogP contribution is -2.25. The fourth-order valence-corrected chi connectivity index (χ4v) is 1.84. The van der Waals surface area contributed by atoms with Crippen LogP contribution in [0.4, 0.5) is 13.2 Å². The minimum Gasteiger partial charge on any atom is -0.327 e. The molecule has 0 amide bonds. The molecule has 16 heavy (non-hydrogen) atoms. The van der Waals surface area contributed by atoms with Crippen molar-refractivity contribution >= 4 is 15.9 Å². The minimum atomic E-state index is -4.12. The molecule has 0 heterocycles. The number of halogens is 4. The van der Waals surface area contributed by atoms with E-state index in [0.717, 1.165) is 10.0 Å². The molecule has 0 aliphatic heterocycles. The van der Waals surface area contributed by atoms with Gasteiger partial charge in [0.15, 0.2) is 0 Å². The van der Waals surface area contributed by atoms with Crippen LogP contribution in [0.5, 0.6) is 0 Å². The van der Waals surface area contributed by atoms with Crippen molar-refractivity contribution < 1.29 is 13.2 Å². The molecule has 0 spiro atoms. The highest BCUT2D eigenvalue weighted by Crippen LogP contribution is 2.24. The van der Waals surface area contributed by atoms with Gasteiger partial charge >= 0.3 is 6.18 Å². The van der Waals surface area contributed by atoms with Gasteiger partial charge in [-0.3, -0.25) is 0 Å². The number of benzene rings is 1. The van der Waals surface area contributed by atoms with E-state index in [1.165, 1.54) is 0 Å². The summed E-state index contributed by atoms with van der Waals surface area (Å²) in [5.74, 6) is 0. The highest BCUT2D eigenvalue weighted by atomic mass is 79.9. The van der Waals surface area contributed by atoms with Crippen LogP contribution in [0.1, 0.15) is 18.4 Å². The Balaban J connectivity index is 2.46. The smallest absolute Gasteiger partial charge is 0.327 e. The van der Waals surface area contributed by atoms with E-state index in [1.54, 1.807) is 0 Å². The maximum atomic E-state index is 12.0. The zero-order valence-corrected chi connectivity index (χ0v) is 10.2. The van der Waals surface area contributed by atoms with E-state index in [1.807, 2.05) is 24.3 Å². The normalized spacial score (nSPS) is 13.8. The molecular formula is C11H13BrF3N. The van der Waals surface area contributed by atoms with Gasteiger partial charge < -0.3 is 5.73 Å². The summed E-state index contributed by atoms with van der Waals surface area (Å²) in [5, 5.41) is 0. The third-order valence-electron chi connectivity index (χ3n) is 2.24. The van der Waals surface area contributed by atoms with Crippen LogP contribution >= 0.6 is 15.9 Å². The molecule has 1 atom stereocenters. The Bertz CT molecular complexity index is 338. The molecule has 1 rings (SSSR count). The Hall–Kier alpha value is -0.550. The lowest BCUT2D eigenvalue weighted by Gasteiger charge is -2.14. The van der Waals surface area contributed by atoms with Gasteiger partial charge in [-0.15, -0.1) is 0 Å². The average molecular weight is 296 g/mol. The molecule has 0 bridgehead atoms. The van der Waals surface area contributed by atoms with Crippen LogP contribution in [0.3, 0.4) is 0 Å². The van der Waals surface area contributed by atoms with E-state index in [-0.39, 0.29) is 6.42 Å². The topological polar surface area (TPSA) is 26.0 Å². The quantitative estimate of drug-likeness (QED) is 0.901. The van der Waals surface area contributed by atoms with Crippen LogP contribution in [0.25, 0.3) is 0 Å². The second kappa shape index (κ2) is 5.68. The van der Waals surface area contributed by atoms with Crippen molar-refractivity contribution in [3.8, 4) is 0 Å². The molecule has 0 fully saturated rings. The van der Waals surface area contributed by atoms with Crippen molar-refractivity contribution in [1.29, 1.82) is 0 Å². The summed E-state index contributed by atoms with van der Waals surface area (Å²) in [6, 6.07) is 6.95. The monoisotopic (exact) mass is 295 g/mol. The Morgan fingerprint density at radius 3 is 2.44 bits per heavy atom. The summed E-state index contributed by atoms with van der Waals surface area (Å²) in [6.07, 6.45) is -4.52. The summed E-state index contributed by atoms with van der Waals surface area (Å²) >= 11 is 3.34. The van der Waals surface area contributed by atoms with Crippen molar-refractivity contribution in [2.75, 3.05) is 0 Å². The molecule has 1 unspecified atom stereocenters. The van der Waals surface area contributed by atoms with E-state index in [9.17, 15) is 13.2 Å². The molecule has 0 saturated carbocycles. The van der Waals surface area contributed by atoms with Gasteiger partial charge in [-0.2, -0.15) is 13.2 Å². The number of hydrogen-bond acceptors (Lipinski definition) is 1. The third-order valence-corrected chi connectivity index (χ3v) is 3.01. The number of hydrogen-bond donors (Lipinski definition) is 1. The van der Waals surface area contributed by atoms with Gasteiger partial charge in [0.2, 0.25) is 0 Å². The van der Waals surface area contributed by atoms with E-state index < -0.39 is 18.6 Å². The van der Waals surface area contributed by atoms with Crippen molar-refractivity contribution in [2.45, 2.75) is 31.5 Å². The highest BCUT2D eigenvalue weighted by molar-refractivity contribution is 9.10. The molecular weight excluding hydrogens is 283 g/mol. The molecule has 0 aromatic heterocycles. The second-order valence-corrected chi connectivity index (χ2v) is 4.56. The standard InChI is InChI=1S/C11H13BrF3N/c12-10-4-2-1-3-8(10)7-9(16)5-6-11(13,14)15/h1-4,9H,5-7,16H2. The van der Waals surface area contributed by atoms with Crippen LogP contribution in [0, 0.1) is 0 Å². The van der Waals surface area contributed by atoms with Crippen molar-refractivity contribution in [3.05, 3.63) is 34.3 Å². The molecule has 5 heteroatoms. The van der Waals surface area contributed by atoms with E-state index >= 15 is 0 Å². The lowest BCUT2D eigenvalue weighted by molar-refractivity contribution is -0.136. The highest BCUT2D eigenvalue weighted by Gasteiger charge is 2.27. The van der Waals surface area contributed by atoms with E-state index in [4.69, 9.17) is 5.73 Å². The minimum absolute atomic E-state index is 0.0369. The van der Waals surface area contributed by atoms with Crippen LogP contribution in [-0.4, -0.2) is 12.2 Å². The summed E-state index contributed by atoms with van der Waals surface area (Å²) in [6.45, 7) is 0. The van der Waals surface area contributed by atoms with Crippen molar-refractivity contribution in [3.63, 3.8) is 0 Å². The van der Waals surface area contributed by atoms with E-state index in [0.29, 0.717) is 6.42 Å². The summed E-state index contributed by atoms with van der Waals surface area (Å²) in [7, 11) is 0. The zero-order chi connectivity index (χ0) is 12.2. The first kappa shape index (κ1) is 13.5. The number of nitrogens with two attached hydrogens (primary N) is 1. The van der Waals surface area contributed by atoms with Crippen LogP contribution in [0.2, 0.25) is 0 Å². The van der Waals surface area contributed by atoms with Crippen molar-refractivity contribution in [1.82, 2.24) is 0 Å². The fraction of sp³-hybridized carbons (Fsp3) is 0.455. The van der Waals surface area contributed by atoms with Gasteiger partial charge in [0, 0.05) is 16.9 Å². The van der Waals surface area contributed by atoms with Gasteiger partial charge in [-0.1, -0.05) is 34.1 Å². The molecule has 1 nitrogen and oxygen atoms in total. The Labute approximate surface area is 101 Å². The van der Waals surface area contributed by atoms with E-state index in [2.05, 4.69) is 15.9 Å². The lowest BCUT2D eigenvalue weighted by atomic mass is 10.0. The van der Waals surface area contributed by atoms with Gasteiger partial charge in [-0.25, -0.2) is 0 Å². The maximum Gasteiger partial charge on any atom is 0.389 e. The number of rotatable bonds is 4. The molecule has 1 aromatic rings. The predicted octanol–water partition coefficient (Wildman–Crippen LogP) is 3.66. The first-order chi connectivity index (χ1) is 7.38. The van der Waals surface area contributed by atoms with Crippen molar-refractivity contribution in [2.24, 2.45) is 5.73 Å². The Kier molecular flexibility index (Phi) is 4.80. The maximum absolute atomic E-state index is 12.0. The molecule has 2 N–H and O–H groups in total. The predicted molar refractivity (Wildman–Crippen MR) is 61.1 cm³/mol. The first-order valence-corrected chi connectivity index (χ1v) is 5.73. The van der Waals surface area contributed by atoms with Crippen LogP contribution < -0.4 is 5.73 Å². The van der Waals surface area contributed by atoms with Gasteiger partial charge in [0.1, 0.15) is 0 Å². The van der Waals surface area contributed by atoms with Crippen LogP contribution in [-0.2, 0) is 6.42 Å². The summed E-state index contributed by atoms with van der Waals surface area (Å²) in [4.78, 5) is 0. The molecule has 0 radical (unpaired) electrons. The molecule has 0 aliphatic carbocycles. The molecule has 0 aliphatic rings. The SMILES string of the molecule is NC(CCC(F)(F)F)Cc1ccccc1Br. The largest absolute Gasteiger partial charge is 0.389 e. The fourth-order valence-electron chi connectivity index (χ4n) is 1.40. The number of alkyl halides is 3. The third kappa shape index (κ3) is 4.99. The molecule has 90 valence electrons. The summed E-state index contributed by atoms with van der Waals surface area (Å²) < 4.78 is 36.8. The van der Waals surface area contributed by atoms with Crippen LogP contribution in [0.15, 0.2) is 28.7 Å². The zero-order valence-electron chi connectivity index (χ0n) is 8.60. The Morgan fingerprint density at radius 2 is 1.88 bits per heavy atom. The van der Waals surface area contributed by atoms with Gasteiger partial charge in [-0.05, 0) is 24.5 Å². The molecule has 1 aromatic carbocycles. The van der Waals surface area contributed by atoms with Gasteiger partial charge in [0.25, 0.3) is 0 Å². The summed E-state index contributed by atoms with van der Waals surface area (Å²) in [5.41, 5.74) is 6.60. The molecule has 0 saturated heterocycles. The average Bonchev–Trinajstić information content (AvgIpc) is 2.18. The first-order valence-electron chi connectivity index (χ1n) is 4.94. The van der Waals surface area contributed by atoms with Gasteiger partial charge in [0.05, 0.1) is 0 Å². The Morgan fingerprint density at radius 1 is 1.25 bits per heavy atom.